The third-order valence-electron chi connectivity index (χ3n) is 4.78. The van der Waals surface area contributed by atoms with E-state index in [0.717, 1.165) is 16.9 Å². The number of amides is 1. The van der Waals surface area contributed by atoms with Crippen molar-refractivity contribution in [3.8, 4) is 5.75 Å². The summed E-state index contributed by atoms with van der Waals surface area (Å²) in [5, 5.41) is 5.05. The maximum Gasteiger partial charge on any atom is 0.263 e. The lowest BCUT2D eigenvalue weighted by molar-refractivity contribution is -0.122. The van der Waals surface area contributed by atoms with Crippen LogP contribution < -0.4 is 14.8 Å². The van der Waals surface area contributed by atoms with Crippen LogP contribution in [0.5, 0.6) is 5.75 Å². The Bertz CT molecular complexity index is 1120. The van der Waals surface area contributed by atoms with Crippen molar-refractivity contribution in [2.45, 2.75) is 30.2 Å². The van der Waals surface area contributed by atoms with Crippen LogP contribution in [0.15, 0.2) is 65.0 Å². The van der Waals surface area contributed by atoms with Gasteiger partial charge in [0.15, 0.2) is 5.13 Å². The van der Waals surface area contributed by atoms with E-state index >= 15 is 0 Å². The molecule has 30 heavy (non-hydrogen) atoms. The smallest absolute Gasteiger partial charge is 0.263 e. The van der Waals surface area contributed by atoms with Crippen LogP contribution in [0.1, 0.15) is 19.0 Å². The molecule has 7 nitrogen and oxygen atoms in total. The number of fused-ring (bicyclic) bond motifs is 1. The summed E-state index contributed by atoms with van der Waals surface area (Å²) >= 11 is 1.22. The Morgan fingerprint density at radius 3 is 2.73 bits per heavy atom. The number of hydrogen-bond donors (Lipinski definition) is 2. The van der Waals surface area contributed by atoms with E-state index in [1.54, 1.807) is 23.7 Å². The third-order valence-corrected chi connectivity index (χ3v) is 6.94. The van der Waals surface area contributed by atoms with Crippen LogP contribution in [-0.4, -0.2) is 32.0 Å². The molecular formula is C21H23N3O4S2. The molecular weight excluding hydrogens is 422 g/mol. The topological polar surface area (TPSA) is 97.4 Å². The van der Waals surface area contributed by atoms with Crippen molar-refractivity contribution in [2.75, 3.05) is 11.3 Å². The number of sulfonamides is 1. The van der Waals surface area contributed by atoms with Crippen molar-refractivity contribution in [3.05, 3.63) is 71.2 Å². The molecule has 0 aliphatic heterocycles. The Balaban J connectivity index is 0.00000272. The zero-order chi connectivity index (χ0) is 21.0. The molecule has 1 unspecified atom stereocenters. The SMILES string of the molecule is O=C(CCOc1ccccc1)NC1Cc2ccc(S(=O)(=O)Nc3nccs3)cc2C1.[HH]. The zero-order valence-corrected chi connectivity index (χ0v) is 17.7. The number of thiazole rings is 1. The lowest BCUT2D eigenvalue weighted by Gasteiger charge is -2.12. The van der Waals surface area contributed by atoms with E-state index in [9.17, 15) is 13.2 Å². The van der Waals surface area contributed by atoms with Crippen molar-refractivity contribution >= 4 is 32.4 Å². The summed E-state index contributed by atoms with van der Waals surface area (Å²) in [4.78, 5) is 16.4. The summed E-state index contributed by atoms with van der Waals surface area (Å²) in [6, 6.07) is 14.4. The molecule has 2 N–H and O–H groups in total. The van der Waals surface area contributed by atoms with Gasteiger partial charge in [-0.3, -0.25) is 9.52 Å². The fourth-order valence-electron chi connectivity index (χ4n) is 3.39. The van der Waals surface area contributed by atoms with Gasteiger partial charge < -0.3 is 10.1 Å². The Hall–Kier alpha value is -2.91. The number of nitrogens with one attached hydrogen (secondary N) is 2. The summed E-state index contributed by atoms with van der Waals surface area (Å²) < 4.78 is 33.2. The fourth-order valence-corrected chi connectivity index (χ4v) is 5.23. The number of anilines is 1. The first kappa shape index (κ1) is 20.4. The molecule has 1 aliphatic carbocycles. The number of carbonyl (C=O) groups excluding carboxylic acids is 1. The molecule has 1 heterocycles. The lowest BCUT2D eigenvalue weighted by Crippen LogP contribution is -2.35. The first-order valence-corrected chi connectivity index (χ1v) is 11.9. The number of nitrogens with zero attached hydrogens (tertiary/aromatic N) is 1. The molecule has 2 aromatic carbocycles. The van der Waals surface area contributed by atoms with E-state index < -0.39 is 10.0 Å². The van der Waals surface area contributed by atoms with Gasteiger partial charge in [-0.05, 0) is 48.2 Å². The van der Waals surface area contributed by atoms with Crippen molar-refractivity contribution in [1.82, 2.24) is 10.3 Å². The zero-order valence-electron chi connectivity index (χ0n) is 16.1. The summed E-state index contributed by atoms with van der Waals surface area (Å²) in [6.07, 6.45) is 3.09. The van der Waals surface area contributed by atoms with Crippen LogP contribution in [0.3, 0.4) is 0 Å². The number of carbonyl (C=O) groups is 1. The van der Waals surface area contributed by atoms with Gasteiger partial charge in [-0.2, -0.15) is 0 Å². The third kappa shape index (κ3) is 4.98. The molecule has 4 rings (SSSR count). The molecule has 0 bridgehead atoms. The Kier molecular flexibility index (Phi) is 6.01. The fraction of sp³-hybridized carbons (Fsp3) is 0.238. The molecule has 1 aliphatic rings. The number of aromatic nitrogens is 1. The molecule has 0 radical (unpaired) electrons. The minimum Gasteiger partial charge on any atom is -0.493 e. The minimum absolute atomic E-state index is 0. The molecule has 0 saturated heterocycles. The predicted molar refractivity (Wildman–Crippen MR) is 117 cm³/mol. The Morgan fingerprint density at radius 2 is 1.97 bits per heavy atom. The van der Waals surface area contributed by atoms with Gasteiger partial charge in [0, 0.05) is 19.0 Å². The first-order valence-electron chi connectivity index (χ1n) is 9.51. The van der Waals surface area contributed by atoms with E-state index in [1.165, 1.54) is 11.3 Å². The number of ether oxygens (including phenoxy) is 1. The first-order chi connectivity index (χ1) is 14.5. The number of rotatable bonds is 8. The van der Waals surface area contributed by atoms with Gasteiger partial charge >= 0.3 is 0 Å². The van der Waals surface area contributed by atoms with Crippen molar-refractivity contribution in [2.24, 2.45) is 0 Å². The van der Waals surface area contributed by atoms with Gasteiger partial charge in [0.2, 0.25) is 5.91 Å². The van der Waals surface area contributed by atoms with Crippen LogP contribution in [-0.2, 0) is 27.7 Å². The standard InChI is InChI=1S/C21H21N3O4S2.H2/c25-20(8-10-28-18-4-2-1-3-5-18)23-17-12-15-6-7-19(14-16(15)13-17)30(26,27)24-21-22-9-11-29-21;/h1-7,9,11,14,17H,8,10,12-13H2,(H,22,24)(H,23,25);1H. The molecule has 0 fully saturated rings. The highest BCUT2D eigenvalue weighted by atomic mass is 32.2. The van der Waals surface area contributed by atoms with Crippen LogP contribution >= 0.6 is 11.3 Å². The van der Waals surface area contributed by atoms with E-state index in [2.05, 4.69) is 15.0 Å². The van der Waals surface area contributed by atoms with E-state index in [0.29, 0.717) is 24.6 Å². The van der Waals surface area contributed by atoms with Gasteiger partial charge in [0.05, 0.1) is 17.9 Å². The van der Waals surface area contributed by atoms with E-state index in [1.807, 2.05) is 36.4 Å². The average Bonchev–Trinajstić information content (AvgIpc) is 3.36. The second kappa shape index (κ2) is 8.85. The summed E-state index contributed by atoms with van der Waals surface area (Å²) in [5.41, 5.74) is 1.98. The van der Waals surface area contributed by atoms with Crippen LogP contribution in [0.2, 0.25) is 0 Å². The molecule has 9 heteroatoms. The van der Waals surface area contributed by atoms with Crippen LogP contribution in [0, 0.1) is 0 Å². The normalized spacial score (nSPS) is 15.4. The molecule has 158 valence electrons. The molecule has 3 aromatic rings. The highest BCUT2D eigenvalue weighted by Crippen LogP contribution is 2.26. The molecule has 1 aromatic heterocycles. The van der Waals surface area contributed by atoms with Crippen LogP contribution in [0.4, 0.5) is 5.13 Å². The van der Waals surface area contributed by atoms with Crippen molar-refractivity contribution < 1.29 is 19.4 Å². The minimum atomic E-state index is -3.69. The Labute approximate surface area is 180 Å². The highest BCUT2D eigenvalue weighted by Gasteiger charge is 2.25. The largest absolute Gasteiger partial charge is 0.493 e. The number of benzene rings is 2. The number of para-hydroxylation sites is 1. The van der Waals surface area contributed by atoms with E-state index in [-0.39, 0.29) is 24.7 Å². The summed E-state index contributed by atoms with van der Waals surface area (Å²) in [5.74, 6) is 0.653. The van der Waals surface area contributed by atoms with E-state index in [4.69, 9.17) is 4.74 Å². The maximum atomic E-state index is 12.6. The van der Waals surface area contributed by atoms with Crippen molar-refractivity contribution in [3.63, 3.8) is 0 Å². The van der Waals surface area contributed by atoms with Gasteiger partial charge in [0.25, 0.3) is 10.0 Å². The predicted octanol–water partition coefficient (Wildman–Crippen LogP) is 3.24. The quantitative estimate of drug-likeness (QED) is 0.555. The highest BCUT2D eigenvalue weighted by molar-refractivity contribution is 7.93. The average molecular weight is 446 g/mol. The van der Waals surface area contributed by atoms with Crippen LogP contribution in [0.25, 0.3) is 0 Å². The van der Waals surface area contributed by atoms with Gasteiger partial charge in [0.1, 0.15) is 5.75 Å². The van der Waals surface area contributed by atoms with Gasteiger partial charge in [-0.1, -0.05) is 24.3 Å². The van der Waals surface area contributed by atoms with Gasteiger partial charge in [-0.15, -0.1) is 11.3 Å². The monoisotopic (exact) mass is 445 g/mol. The van der Waals surface area contributed by atoms with Crippen molar-refractivity contribution in [1.29, 1.82) is 0 Å². The second-order valence-electron chi connectivity index (χ2n) is 6.96. The maximum absolute atomic E-state index is 12.6. The lowest BCUT2D eigenvalue weighted by atomic mass is 10.1. The molecule has 1 amide bonds. The molecule has 0 spiro atoms. The second-order valence-corrected chi connectivity index (χ2v) is 9.53. The molecule has 1 atom stereocenters. The summed E-state index contributed by atoms with van der Waals surface area (Å²) in [6.45, 7) is 0.306. The Morgan fingerprint density at radius 1 is 1.17 bits per heavy atom. The number of hydrogen-bond acceptors (Lipinski definition) is 6. The summed E-state index contributed by atoms with van der Waals surface area (Å²) in [7, 11) is -3.69. The van der Waals surface area contributed by atoms with Gasteiger partial charge in [-0.25, -0.2) is 13.4 Å². The molecule has 0 saturated carbocycles.